The number of hydrogen-bond donors (Lipinski definition) is 0. The van der Waals surface area contributed by atoms with Crippen LogP contribution in [-0.4, -0.2) is 17.9 Å². The van der Waals surface area contributed by atoms with Crippen molar-refractivity contribution in [2.45, 2.75) is 4.90 Å². The minimum Gasteiger partial charge on any atom is -0.868 e. The van der Waals surface area contributed by atoms with Gasteiger partial charge in [0, 0.05) is 6.07 Å². The van der Waals surface area contributed by atoms with Crippen LogP contribution >= 0.6 is 0 Å². The molecule has 10 heteroatoms. The van der Waals surface area contributed by atoms with Crippen molar-refractivity contribution >= 4 is 15.8 Å². The zero-order valence-electron chi connectivity index (χ0n) is 8.54. The van der Waals surface area contributed by atoms with Crippen LogP contribution < -0.4 is 64.2 Å². The predicted molar refractivity (Wildman–Crippen MR) is 40.5 cm³/mol. The Labute approximate surface area is 135 Å². The first kappa shape index (κ1) is 18.7. The molecule has 16 heavy (non-hydrogen) atoms. The second-order valence-corrected chi connectivity index (χ2v) is 3.72. The molecule has 0 aliphatic carbocycles. The molecule has 1 aromatic carbocycles. The van der Waals surface area contributed by atoms with Gasteiger partial charge in [-0.15, -0.1) is 0 Å². The van der Waals surface area contributed by atoms with Crippen molar-refractivity contribution in [3.8, 4) is 5.75 Å². The minimum absolute atomic E-state index is 0. The molecule has 0 saturated heterocycles. The fraction of sp³-hybridized carbons (Fsp3) is 0. The average molecular weight is 263 g/mol. The molecule has 0 aromatic heterocycles. The van der Waals surface area contributed by atoms with Crippen molar-refractivity contribution in [3.63, 3.8) is 0 Å². The van der Waals surface area contributed by atoms with E-state index in [4.69, 9.17) is 0 Å². The standard InChI is InChI=1S/C6H5NO6S.2Na/c8-6-2-1-4(14(11,12)13)3-5(6)7(9)10;;/h1-3,8H,(H,11,12,13);;/q;2*+1/p-2. The molecule has 7 nitrogen and oxygen atoms in total. The monoisotopic (exact) mass is 263 g/mol. The number of hydrogen-bond acceptors (Lipinski definition) is 6. The summed E-state index contributed by atoms with van der Waals surface area (Å²) in [6, 6.07) is 1.85. The first-order chi connectivity index (χ1) is 6.32. The van der Waals surface area contributed by atoms with Crippen LogP contribution in [0.25, 0.3) is 0 Å². The molecular formula is C6H3NNa2O6S. The van der Waals surface area contributed by atoms with Crippen LogP contribution in [0.2, 0.25) is 0 Å². The summed E-state index contributed by atoms with van der Waals surface area (Å²) < 4.78 is 31.3. The quantitative estimate of drug-likeness (QED) is 0.226. The topological polar surface area (TPSA) is 123 Å². The molecule has 0 fully saturated rings. The molecule has 0 amide bonds. The van der Waals surface area contributed by atoms with Crippen molar-refractivity contribution in [1.29, 1.82) is 0 Å². The summed E-state index contributed by atoms with van der Waals surface area (Å²) in [6.07, 6.45) is 0. The maximum Gasteiger partial charge on any atom is 1.00 e. The van der Waals surface area contributed by atoms with Gasteiger partial charge in [-0.3, -0.25) is 10.1 Å². The Hall–Kier alpha value is 0.330. The Morgan fingerprint density at radius 3 is 2.06 bits per heavy atom. The van der Waals surface area contributed by atoms with Gasteiger partial charge in [0.2, 0.25) is 0 Å². The SMILES string of the molecule is O=[N+]([O-])c1cc(S(=O)(=O)[O-])ccc1[O-].[Na+].[Na+]. The molecule has 1 rings (SSSR count). The molecule has 1 aromatic rings. The van der Waals surface area contributed by atoms with Gasteiger partial charge in [-0.05, 0) is 11.8 Å². The zero-order chi connectivity index (χ0) is 10.9. The summed E-state index contributed by atoms with van der Waals surface area (Å²) in [6.45, 7) is 0. The molecule has 0 spiro atoms. The van der Waals surface area contributed by atoms with E-state index in [2.05, 4.69) is 0 Å². The Balaban J connectivity index is 0. The van der Waals surface area contributed by atoms with E-state index in [0.29, 0.717) is 12.1 Å². The number of nitro groups is 1. The molecule has 0 atom stereocenters. The van der Waals surface area contributed by atoms with E-state index in [1.807, 2.05) is 0 Å². The van der Waals surface area contributed by atoms with Gasteiger partial charge in [0.15, 0.2) is 0 Å². The average Bonchev–Trinajstić information content (AvgIpc) is 2.02. The summed E-state index contributed by atoms with van der Waals surface area (Å²) in [5.74, 6) is -0.942. The third-order valence-corrected chi connectivity index (χ3v) is 2.25. The molecule has 0 aliphatic rings. The summed E-state index contributed by atoms with van der Waals surface area (Å²) in [7, 11) is -4.77. The Kier molecular flexibility index (Phi) is 8.08. The largest absolute Gasteiger partial charge is 1.00 e. The maximum atomic E-state index is 10.8. The van der Waals surface area contributed by atoms with Crippen molar-refractivity contribution < 1.29 is 82.1 Å². The first-order valence-electron chi connectivity index (χ1n) is 3.24. The maximum absolute atomic E-state index is 10.8. The molecule has 76 valence electrons. The van der Waals surface area contributed by atoms with Crippen LogP contribution in [0.3, 0.4) is 0 Å². The number of benzene rings is 1. The minimum atomic E-state index is -4.77. The molecule has 0 unspecified atom stereocenters. The second kappa shape index (κ2) is 6.92. The fourth-order valence-corrected chi connectivity index (χ4v) is 1.29. The van der Waals surface area contributed by atoms with E-state index in [9.17, 15) is 28.2 Å². The van der Waals surface area contributed by atoms with E-state index in [-0.39, 0.29) is 59.1 Å². The normalized spacial score (nSPS) is 9.81. The van der Waals surface area contributed by atoms with Crippen LogP contribution in [0, 0.1) is 10.1 Å². The van der Waals surface area contributed by atoms with Crippen LogP contribution in [0.4, 0.5) is 5.69 Å². The molecule has 0 saturated carbocycles. The smallest absolute Gasteiger partial charge is 0.868 e. The van der Waals surface area contributed by atoms with Gasteiger partial charge >= 0.3 is 59.1 Å². The van der Waals surface area contributed by atoms with E-state index in [1.165, 1.54) is 0 Å². The van der Waals surface area contributed by atoms with Crippen molar-refractivity contribution in [3.05, 3.63) is 28.3 Å². The number of nitro benzene ring substituents is 1. The number of rotatable bonds is 2. The third kappa shape index (κ3) is 4.68. The third-order valence-electron chi connectivity index (χ3n) is 1.42. The van der Waals surface area contributed by atoms with Crippen molar-refractivity contribution in [2.75, 3.05) is 0 Å². The second-order valence-electron chi connectivity index (χ2n) is 2.34. The fourth-order valence-electron chi connectivity index (χ4n) is 0.795. The molecule has 0 N–H and O–H groups in total. The van der Waals surface area contributed by atoms with E-state index in [1.54, 1.807) is 0 Å². The van der Waals surface area contributed by atoms with Crippen molar-refractivity contribution in [1.82, 2.24) is 0 Å². The van der Waals surface area contributed by atoms with Gasteiger partial charge in [0.1, 0.15) is 10.1 Å². The van der Waals surface area contributed by atoms with Gasteiger partial charge in [0.25, 0.3) is 5.69 Å². The van der Waals surface area contributed by atoms with Crippen LogP contribution in [-0.2, 0) is 10.1 Å². The summed E-state index contributed by atoms with van der Waals surface area (Å²) >= 11 is 0. The zero-order valence-corrected chi connectivity index (χ0v) is 13.4. The van der Waals surface area contributed by atoms with Crippen LogP contribution in [0.1, 0.15) is 0 Å². The van der Waals surface area contributed by atoms with Gasteiger partial charge in [-0.25, -0.2) is 8.42 Å². The summed E-state index contributed by atoms with van der Waals surface area (Å²) in [4.78, 5) is 8.38. The molecule has 0 aliphatic heterocycles. The number of nitrogens with zero attached hydrogens (tertiary/aromatic N) is 1. The van der Waals surface area contributed by atoms with Crippen LogP contribution in [0.5, 0.6) is 5.75 Å². The van der Waals surface area contributed by atoms with E-state index in [0.717, 1.165) is 6.07 Å². The van der Waals surface area contributed by atoms with Gasteiger partial charge in [0.05, 0.1) is 9.82 Å². The van der Waals surface area contributed by atoms with E-state index < -0.39 is 31.4 Å². The van der Waals surface area contributed by atoms with Crippen LogP contribution in [0.15, 0.2) is 23.1 Å². The molecule has 0 bridgehead atoms. The van der Waals surface area contributed by atoms with Gasteiger partial charge in [-0.1, -0.05) is 6.07 Å². The Morgan fingerprint density at radius 1 is 1.19 bits per heavy atom. The summed E-state index contributed by atoms with van der Waals surface area (Å²) in [5, 5.41) is 21.0. The molecule has 0 heterocycles. The molecule has 0 radical (unpaired) electrons. The summed E-state index contributed by atoms with van der Waals surface area (Å²) in [5.41, 5.74) is -0.929. The Morgan fingerprint density at radius 2 is 1.69 bits per heavy atom. The molecular weight excluding hydrogens is 260 g/mol. The Bertz CT molecular complexity index is 488. The predicted octanol–water partition coefficient (Wildman–Crippen LogP) is -6.42. The van der Waals surface area contributed by atoms with E-state index >= 15 is 0 Å². The van der Waals surface area contributed by atoms with Gasteiger partial charge < -0.3 is 9.66 Å². The van der Waals surface area contributed by atoms with Crippen molar-refractivity contribution in [2.24, 2.45) is 0 Å². The van der Waals surface area contributed by atoms with Gasteiger partial charge in [-0.2, -0.15) is 0 Å². The first-order valence-corrected chi connectivity index (χ1v) is 4.64.